The molecule has 4 heterocycles. The van der Waals surface area contributed by atoms with Crippen molar-refractivity contribution in [3.63, 3.8) is 0 Å². The highest BCUT2D eigenvalue weighted by Gasteiger charge is 2.31. The number of likely N-dealkylation sites (tertiary alicyclic amines) is 1. The van der Waals surface area contributed by atoms with Gasteiger partial charge in [-0.05, 0) is 31.0 Å². The molecule has 0 spiro atoms. The summed E-state index contributed by atoms with van der Waals surface area (Å²) in [5.74, 6) is -0.230. The third kappa shape index (κ3) is 5.69. The molecule has 0 aliphatic carbocycles. The zero-order valence-corrected chi connectivity index (χ0v) is 22.6. The molecule has 39 heavy (non-hydrogen) atoms. The van der Waals surface area contributed by atoms with Gasteiger partial charge in [-0.15, -0.1) is 11.3 Å². The summed E-state index contributed by atoms with van der Waals surface area (Å²) in [6.45, 7) is 0.463. The molecule has 13 heteroatoms. The van der Waals surface area contributed by atoms with Crippen LogP contribution in [0.2, 0.25) is 10.0 Å². The molecule has 1 atom stereocenters. The predicted octanol–water partition coefficient (Wildman–Crippen LogP) is 5.69. The summed E-state index contributed by atoms with van der Waals surface area (Å²) in [4.78, 5) is 37.2. The number of benzene rings is 1. The first kappa shape index (κ1) is 27.2. The maximum atomic E-state index is 13.2. The molecule has 1 aromatic carbocycles. The minimum absolute atomic E-state index is 0.102. The first-order valence-corrected chi connectivity index (χ1v) is 13.7. The van der Waals surface area contributed by atoms with Gasteiger partial charge in [-0.25, -0.2) is 13.8 Å². The molecule has 202 valence electrons. The quantitative estimate of drug-likeness (QED) is 0.366. The van der Waals surface area contributed by atoms with Crippen molar-refractivity contribution in [3.05, 3.63) is 83.6 Å². The average molecular weight is 592 g/mol. The van der Waals surface area contributed by atoms with Gasteiger partial charge in [-0.1, -0.05) is 34.4 Å². The third-order valence-electron chi connectivity index (χ3n) is 6.79. The third-order valence-corrected chi connectivity index (χ3v) is 8.46. The number of alkyl halides is 2. The lowest BCUT2D eigenvalue weighted by Gasteiger charge is -2.31. The van der Waals surface area contributed by atoms with Crippen molar-refractivity contribution in [2.24, 2.45) is 5.16 Å². The van der Waals surface area contributed by atoms with E-state index in [0.717, 1.165) is 27.5 Å². The Hall–Kier alpha value is -3.33. The van der Waals surface area contributed by atoms with Crippen LogP contribution in [0.1, 0.15) is 65.1 Å². The number of aromatic nitrogens is 2. The van der Waals surface area contributed by atoms with Gasteiger partial charge >= 0.3 is 0 Å². The van der Waals surface area contributed by atoms with E-state index >= 15 is 0 Å². The smallest absolute Gasteiger partial charge is 0.269 e. The Labute approximate surface area is 236 Å². The fraction of sp³-hybridized carbons (Fsp3) is 0.346. The van der Waals surface area contributed by atoms with Crippen LogP contribution in [-0.4, -0.2) is 39.2 Å². The number of carbonyl (C=O) groups is 1. The molecule has 8 nitrogen and oxygen atoms in total. The van der Waals surface area contributed by atoms with Crippen molar-refractivity contribution < 1.29 is 18.4 Å². The number of hydrogen-bond acceptors (Lipinski definition) is 7. The van der Waals surface area contributed by atoms with Crippen molar-refractivity contribution in [2.45, 2.75) is 44.3 Å². The lowest BCUT2D eigenvalue weighted by molar-refractivity contribution is -0.133. The molecule has 1 amide bonds. The summed E-state index contributed by atoms with van der Waals surface area (Å²) in [7, 11) is 0. The fourth-order valence-corrected chi connectivity index (χ4v) is 6.37. The standard InChI is InChI=1S/C26H21Cl2F2N5O3S/c27-17-2-1-3-18(28)23(17)21-9-19(33-38-21)20-13-39-25(32-20)15-4-6-34(7-5-15)22(36)12-35-11-14(10-31)8-16(24(29)30)26(35)37/h1-3,8,11,13,15,21,24H,4-7,9,12H2. The van der Waals surface area contributed by atoms with Crippen molar-refractivity contribution in [2.75, 3.05) is 13.1 Å². The number of carbonyl (C=O) groups excluding carboxylic acids is 1. The highest BCUT2D eigenvalue weighted by molar-refractivity contribution is 7.10. The minimum atomic E-state index is -3.03. The van der Waals surface area contributed by atoms with E-state index in [-0.39, 0.29) is 17.4 Å². The summed E-state index contributed by atoms with van der Waals surface area (Å²) >= 11 is 14.1. The van der Waals surface area contributed by atoms with Gasteiger partial charge in [0.05, 0.1) is 21.8 Å². The van der Waals surface area contributed by atoms with Gasteiger partial charge in [0.25, 0.3) is 12.0 Å². The Morgan fingerprint density at radius 1 is 1.26 bits per heavy atom. The lowest BCUT2D eigenvalue weighted by Crippen LogP contribution is -2.41. The van der Waals surface area contributed by atoms with Crippen LogP contribution in [0.5, 0.6) is 0 Å². The van der Waals surface area contributed by atoms with Gasteiger partial charge in [0.1, 0.15) is 18.3 Å². The molecule has 2 aliphatic heterocycles. The van der Waals surface area contributed by atoms with Crippen LogP contribution in [0.4, 0.5) is 8.78 Å². The van der Waals surface area contributed by atoms with Gasteiger partial charge in [-0.2, -0.15) is 5.26 Å². The van der Waals surface area contributed by atoms with Crippen LogP contribution < -0.4 is 5.56 Å². The van der Waals surface area contributed by atoms with Gasteiger partial charge in [-0.3, -0.25) is 9.59 Å². The number of nitrogens with zero attached hydrogens (tertiary/aromatic N) is 5. The molecule has 1 unspecified atom stereocenters. The van der Waals surface area contributed by atoms with Crippen LogP contribution in [-0.2, 0) is 16.2 Å². The van der Waals surface area contributed by atoms with E-state index in [0.29, 0.717) is 53.7 Å². The summed E-state index contributed by atoms with van der Waals surface area (Å²) < 4.78 is 27.3. The molecule has 0 bridgehead atoms. The molecule has 0 N–H and O–H groups in total. The summed E-state index contributed by atoms with van der Waals surface area (Å²) in [5.41, 5.74) is 0.262. The van der Waals surface area contributed by atoms with Crippen LogP contribution >= 0.6 is 34.5 Å². The fourth-order valence-electron chi connectivity index (χ4n) is 4.72. The monoisotopic (exact) mass is 591 g/mol. The van der Waals surface area contributed by atoms with Crippen LogP contribution in [0.3, 0.4) is 0 Å². The van der Waals surface area contributed by atoms with E-state index in [2.05, 4.69) is 5.16 Å². The molecular formula is C26H21Cl2F2N5O3S. The van der Waals surface area contributed by atoms with E-state index in [4.69, 9.17) is 38.3 Å². The largest absolute Gasteiger partial charge is 0.387 e. The Morgan fingerprint density at radius 2 is 1.97 bits per heavy atom. The molecule has 0 radical (unpaired) electrons. The topological polar surface area (TPSA) is 101 Å². The number of halogens is 4. The average Bonchev–Trinajstić information content (AvgIpc) is 3.60. The minimum Gasteiger partial charge on any atom is -0.387 e. The van der Waals surface area contributed by atoms with Crippen LogP contribution in [0.25, 0.3) is 0 Å². The van der Waals surface area contributed by atoms with Gasteiger partial charge in [0, 0.05) is 52.6 Å². The van der Waals surface area contributed by atoms with E-state index < -0.39 is 30.2 Å². The number of oxime groups is 1. The van der Waals surface area contributed by atoms with Crippen LogP contribution in [0.15, 0.2) is 45.8 Å². The Balaban J connectivity index is 1.19. The van der Waals surface area contributed by atoms with E-state index in [1.54, 1.807) is 29.2 Å². The highest BCUT2D eigenvalue weighted by Crippen LogP contribution is 2.39. The summed E-state index contributed by atoms with van der Waals surface area (Å²) in [6, 6.07) is 7.89. The summed E-state index contributed by atoms with van der Waals surface area (Å²) in [6.07, 6.45) is -0.481. The number of rotatable bonds is 6. The Morgan fingerprint density at radius 3 is 2.64 bits per heavy atom. The second-order valence-electron chi connectivity index (χ2n) is 9.23. The molecule has 2 aromatic heterocycles. The Kier molecular flexibility index (Phi) is 7.98. The molecular weight excluding hydrogens is 571 g/mol. The van der Waals surface area contributed by atoms with Crippen LogP contribution in [0, 0.1) is 11.3 Å². The predicted molar refractivity (Wildman–Crippen MR) is 142 cm³/mol. The Bertz CT molecular complexity index is 1520. The second-order valence-corrected chi connectivity index (χ2v) is 10.9. The molecule has 5 rings (SSSR count). The van der Waals surface area contributed by atoms with E-state index in [1.807, 2.05) is 5.38 Å². The number of hydrogen-bond donors (Lipinski definition) is 0. The molecule has 1 fully saturated rings. The van der Waals surface area contributed by atoms with Gasteiger partial charge in [0.15, 0.2) is 6.10 Å². The molecule has 2 aliphatic rings. The summed E-state index contributed by atoms with van der Waals surface area (Å²) in [5, 5.41) is 17.2. The first-order valence-electron chi connectivity index (χ1n) is 12.1. The second kappa shape index (κ2) is 11.4. The SMILES string of the molecule is N#Cc1cc(C(F)F)c(=O)n(CC(=O)N2CCC(c3nc(C4=NOC(c5c(Cl)cccc5Cl)C4)cs3)CC2)c1. The van der Waals surface area contributed by atoms with Crippen molar-refractivity contribution >= 4 is 46.2 Å². The maximum absolute atomic E-state index is 13.2. The lowest BCUT2D eigenvalue weighted by atomic mass is 9.97. The number of amides is 1. The zero-order chi connectivity index (χ0) is 27.7. The number of thiazole rings is 1. The normalized spacial score (nSPS) is 17.7. The number of piperidine rings is 1. The van der Waals surface area contributed by atoms with E-state index in [9.17, 15) is 18.4 Å². The maximum Gasteiger partial charge on any atom is 0.269 e. The van der Waals surface area contributed by atoms with Crippen molar-refractivity contribution in [1.82, 2.24) is 14.5 Å². The molecule has 0 saturated carbocycles. The van der Waals surface area contributed by atoms with Gasteiger partial charge < -0.3 is 14.3 Å². The highest BCUT2D eigenvalue weighted by atomic mass is 35.5. The van der Waals surface area contributed by atoms with Gasteiger partial charge in [0.2, 0.25) is 5.91 Å². The number of pyridine rings is 1. The molecule has 3 aromatic rings. The molecule has 1 saturated heterocycles. The first-order chi connectivity index (χ1) is 18.7. The van der Waals surface area contributed by atoms with E-state index in [1.165, 1.54) is 11.3 Å². The zero-order valence-electron chi connectivity index (χ0n) is 20.3. The van der Waals surface area contributed by atoms with Crippen molar-refractivity contribution in [1.29, 1.82) is 5.26 Å². The van der Waals surface area contributed by atoms with Crippen molar-refractivity contribution in [3.8, 4) is 6.07 Å². The number of nitriles is 1.